The summed E-state index contributed by atoms with van der Waals surface area (Å²) in [6.07, 6.45) is 0. The van der Waals surface area contributed by atoms with Gasteiger partial charge in [0.1, 0.15) is 5.71 Å². The second-order valence-electron chi connectivity index (χ2n) is 13.3. The van der Waals surface area contributed by atoms with E-state index in [4.69, 9.17) is 4.99 Å². The fourth-order valence-corrected chi connectivity index (χ4v) is 6.20. The molecule has 4 aromatic carbocycles. The van der Waals surface area contributed by atoms with Gasteiger partial charge in [-0.15, -0.1) is 0 Å². The number of amidine groups is 1. The van der Waals surface area contributed by atoms with E-state index in [2.05, 4.69) is 114 Å². The van der Waals surface area contributed by atoms with Crippen molar-refractivity contribution in [1.82, 2.24) is 4.48 Å². The lowest BCUT2D eigenvalue weighted by atomic mass is 9.86. The summed E-state index contributed by atoms with van der Waals surface area (Å²) >= 11 is 0. The Kier molecular flexibility index (Phi) is 5.56. The van der Waals surface area contributed by atoms with Crippen molar-refractivity contribution in [3.63, 3.8) is 0 Å². The average Bonchev–Trinajstić information content (AvgIpc) is 3.46. The lowest BCUT2D eigenvalue weighted by molar-refractivity contribution is -0.261. The number of hydrogen-bond donors (Lipinski definition) is 0. The van der Waals surface area contributed by atoms with Crippen LogP contribution in [0.1, 0.15) is 69.4 Å². The van der Waals surface area contributed by atoms with Crippen molar-refractivity contribution in [1.29, 1.82) is 0 Å². The summed E-state index contributed by atoms with van der Waals surface area (Å²) in [5.41, 5.74) is 8.19. The normalized spacial score (nSPS) is 14.7. The number of rotatable bonds is 2. The molecule has 0 amide bonds. The van der Waals surface area contributed by atoms with Crippen molar-refractivity contribution in [2.24, 2.45) is 4.99 Å². The molecule has 0 spiro atoms. The highest BCUT2D eigenvalue weighted by atomic mass is 19.1. The minimum absolute atomic E-state index is 0.0364. The van der Waals surface area contributed by atoms with Crippen LogP contribution in [0.2, 0.25) is 0 Å². The zero-order chi connectivity index (χ0) is 28.7. The van der Waals surface area contributed by atoms with E-state index in [1.165, 1.54) is 11.1 Å². The number of halogens is 1. The molecule has 41 heavy (non-hydrogen) atoms. The Morgan fingerprint density at radius 1 is 0.634 bits per heavy atom. The lowest BCUT2D eigenvalue weighted by Crippen LogP contribution is -2.42. The Hall–Kier alpha value is -4.25. The molecule has 3 nitrogen and oxygen atoms in total. The van der Waals surface area contributed by atoms with Crippen molar-refractivity contribution in [2.75, 3.05) is 0 Å². The molecule has 0 unspecified atom stereocenters. The van der Waals surface area contributed by atoms with Gasteiger partial charge in [0.05, 0.1) is 16.6 Å². The van der Waals surface area contributed by atoms with Crippen molar-refractivity contribution in [2.45, 2.75) is 52.4 Å². The molecule has 0 N–H and O–H groups in total. The van der Waals surface area contributed by atoms with Crippen LogP contribution in [0, 0.1) is 0 Å². The Balaban J connectivity index is 1.49. The number of fused-ring (bicyclic) bond motifs is 6. The second-order valence-corrected chi connectivity index (χ2v) is 13.3. The SMILES string of the molecule is CC(C)(C)c1ccc(C2=[N+]3B(F)n4c(c5ccccc5c4-c4ccc(C(C)(C)C)cc4)N=C3c3ccccc32)cc1. The Bertz CT molecular complexity index is 1900. The standard InChI is InChI=1S/C36H34BFN3/c1-35(2,3)25-19-15-23(16-20-25)31-27-11-7-9-13-29(27)33-39-34-30-14-10-8-12-28(30)32(41(34)37(38)40(31)33)24-17-21-26(22-18-24)36(4,5)6/h7-22H,1-6H3/q+1. The van der Waals surface area contributed by atoms with Gasteiger partial charge in [-0.1, -0.05) is 120 Å². The van der Waals surface area contributed by atoms with Crippen LogP contribution >= 0.6 is 0 Å². The molecule has 3 heterocycles. The zero-order valence-corrected chi connectivity index (χ0v) is 24.5. The first kappa shape index (κ1) is 25.7. The Morgan fingerprint density at radius 3 is 1.73 bits per heavy atom. The molecular weight excluding hydrogens is 504 g/mol. The van der Waals surface area contributed by atoms with Gasteiger partial charge < -0.3 is 0 Å². The van der Waals surface area contributed by atoms with Gasteiger partial charge in [0.15, 0.2) is 0 Å². The van der Waals surface area contributed by atoms with Crippen LogP contribution in [0.3, 0.4) is 0 Å². The molecule has 7 rings (SSSR count). The van der Waals surface area contributed by atoms with Crippen LogP contribution in [0.5, 0.6) is 0 Å². The molecule has 2 aliphatic rings. The van der Waals surface area contributed by atoms with E-state index in [0.29, 0.717) is 11.7 Å². The van der Waals surface area contributed by atoms with Crippen molar-refractivity contribution < 1.29 is 8.80 Å². The highest BCUT2D eigenvalue weighted by Crippen LogP contribution is 2.43. The Labute approximate surface area is 241 Å². The fourth-order valence-electron chi connectivity index (χ4n) is 6.20. The number of benzene rings is 4. The van der Waals surface area contributed by atoms with Crippen LogP contribution in [0.4, 0.5) is 10.1 Å². The summed E-state index contributed by atoms with van der Waals surface area (Å²) in [5.74, 6) is 1.32. The fraction of sp³-hybridized carbons (Fsp3) is 0.222. The van der Waals surface area contributed by atoms with E-state index in [1.54, 1.807) is 8.96 Å². The summed E-state index contributed by atoms with van der Waals surface area (Å²) < 4.78 is 20.9. The van der Waals surface area contributed by atoms with E-state index >= 15 is 4.32 Å². The zero-order valence-electron chi connectivity index (χ0n) is 24.5. The maximum absolute atomic E-state index is 17.3. The summed E-state index contributed by atoms with van der Waals surface area (Å²) in [7, 11) is -1.47. The monoisotopic (exact) mass is 538 g/mol. The van der Waals surface area contributed by atoms with Crippen molar-refractivity contribution in [3.05, 3.63) is 125 Å². The summed E-state index contributed by atoms with van der Waals surface area (Å²) in [6.45, 7) is 13.3. The van der Waals surface area contributed by atoms with Gasteiger partial charge in [-0.25, -0.2) is 4.49 Å². The first-order valence-electron chi connectivity index (χ1n) is 14.4. The average molecular weight is 538 g/mol. The van der Waals surface area contributed by atoms with Gasteiger partial charge in [0, 0.05) is 16.5 Å². The first-order chi connectivity index (χ1) is 19.5. The van der Waals surface area contributed by atoms with Gasteiger partial charge in [0.25, 0.3) is 0 Å². The van der Waals surface area contributed by atoms with Crippen LogP contribution < -0.4 is 0 Å². The predicted octanol–water partition coefficient (Wildman–Crippen LogP) is 8.66. The third kappa shape index (κ3) is 3.93. The van der Waals surface area contributed by atoms with Gasteiger partial charge in [-0.3, -0.25) is 8.79 Å². The van der Waals surface area contributed by atoms with Crippen LogP contribution in [0.15, 0.2) is 102 Å². The van der Waals surface area contributed by atoms with E-state index in [1.807, 2.05) is 24.3 Å². The third-order valence-electron chi connectivity index (χ3n) is 8.47. The molecule has 1 aromatic heterocycles. The van der Waals surface area contributed by atoms with E-state index in [0.717, 1.165) is 44.4 Å². The highest BCUT2D eigenvalue weighted by molar-refractivity contribution is 6.50. The van der Waals surface area contributed by atoms with E-state index in [9.17, 15) is 0 Å². The summed E-state index contributed by atoms with van der Waals surface area (Å²) in [6, 6.07) is 33.4. The molecule has 5 heteroatoms. The maximum Gasteiger partial charge on any atom is 0.727 e. The van der Waals surface area contributed by atoms with Crippen molar-refractivity contribution >= 4 is 35.4 Å². The molecule has 0 radical (unpaired) electrons. The number of hydrogen-bond acceptors (Lipinski definition) is 1. The van der Waals surface area contributed by atoms with Crippen molar-refractivity contribution in [3.8, 4) is 11.3 Å². The lowest BCUT2D eigenvalue weighted by Gasteiger charge is -2.20. The van der Waals surface area contributed by atoms with Gasteiger partial charge in [-0.2, -0.15) is 0 Å². The molecule has 0 saturated heterocycles. The predicted molar refractivity (Wildman–Crippen MR) is 170 cm³/mol. The molecule has 202 valence electrons. The van der Waals surface area contributed by atoms with E-state index < -0.39 is 7.26 Å². The molecule has 0 bridgehead atoms. The topological polar surface area (TPSA) is 20.3 Å². The van der Waals surface area contributed by atoms with E-state index in [-0.39, 0.29) is 10.8 Å². The minimum atomic E-state index is -1.47. The Morgan fingerprint density at radius 2 is 1.15 bits per heavy atom. The summed E-state index contributed by atoms with van der Waals surface area (Å²) in [4.78, 5) is 5.21. The second kappa shape index (κ2) is 8.88. The molecular formula is C36H34BFN3+. The van der Waals surface area contributed by atoms with Crippen LogP contribution in [-0.2, 0) is 10.8 Å². The summed E-state index contributed by atoms with van der Waals surface area (Å²) in [5, 5.41) is 1.96. The first-order valence-corrected chi connectivity index (χ1v) is 14.4. The molecule has 0 aliphatic carbocycles. The van der Waals surface area contributed by atoms with Gasteiger partial charge >= 0.3 is 13.1 Å². The highest BCUT2D eigenvalue weighted by Gasteiger charge is 2.51. The number of aromatic nitrogens is 1. The van der Waals surface area contributed by atoms with Gasteiger partial charge in [0.2, 0.25) is 5.82 Å². The van der Waals surface area contributed by atoms with Crippen LogP contribution in [-0.4, -0.2) is 27.8 Å². The molecule has 0 saturated carbocycles. The molecule has 0 atom stereocenters. The quantitative estimate of drug-likeness (QED) is 0.201. The van der Waals surface area contributed by atoms with Gasteiger partial charge in [-0.05, 0) is 50.7 Å². The maximum atomic E-state index is 17.3. The number of aliphatic imine (C=N–C) groups is 1. The number of nitrogens with zero attached hydrogens (tertiary/aromatic N) is 3. The largest absolute Gasteiger partial charge is 0.727 e. The molecule has 0 fully saturated rings. The molecule has 2 aliphatic heterocycles. The smallest absolute Gasteiger partial charge is 0.274 e. The molecule has 5 aromatic rings. The van der Waals surface area contributed by atoms with Crippen LogP contribution in [0.25, 0.3) is 22.0 Å². The minimum Gasteiger partial charge on any atom is -0.274 e. The third-order valence-corrected chi connectivity index (χ3v) is 8.47.